The van der Waals surface area contributed by atoms with Crippen LogP contribution in [0.3, 0.4) is 0 Å². The van der Waals surface area contributed by atoms with Crippen LogP contribution in [0.15, 0.2) is 18.2 Å². The lowest BCUT2D eigenvalue weighted by Gasteiger charge is -2.21. The van der Waals surface area contributed by atoms with E-state index < -0.39 is 0 Å². The van der Waals surface area contributed by atoms with Gasteiger partial charge < -0.3 is 10.1 Å². The standard InChI is InChI=1S/C15H21Cl2NO/c16-14-7-6-13(10-15(14)17)19-9-8-18-11-12-4-2-1-3-5-12/h6-7,10,12,18H,1-5,8-9,11H2. The molecular formula is C15H21Cl2NO. The molecule has 1 aliphatic carbocycles. The molecule has 2 nitrogen and oxygen atoms in total. The van der Waals surface area contributed by atoms with Gasteiger partial charge in [0.1, 0.15) is 12.4 Å². The monoisotopic (exact) mass is 301 g/mol. The second-order valence-electron chi connectivity index (χ2n) is 5.13. The number of hydrogen-bond donors (Lipinski definition) is 1. The van der Waals surface area contributed by atoms with Crippen LogP contribution in [0.2, 0.25) is 10.0 Å². The van der Waals surface area contributed by atoms with Gasteiger partial charge in [0.15, 0.2) is 0 Å². The van der Waals surface area contributed by atoms with Crippen molar-refractivity contribution in [3.05, 3.63) is 28.2 Å². The Balaban J connectivity index is 1.59. The average molecular weight is 302 g/mol. The first-order valence-corrected chi connectivity index (χ1v) is 7.80. The molecule has 0 radical (unpaired) electrons. The summed E-state index contributed by atoms with van der Waals surface area (Å²) in [5, 5.41) is 4.56. The van der Waals surface area contributed by atoms with Crippen molar-refractivity contribution in [3.63, 3.8) is 0 Å². The van der Waals surface area contributed by atoms with Crippen molar-refractivity contribution in [2.45, 2.75) is 32.1 Å². The summed E-state index contributed by atoms with van der Waals surface area (Å²) in [6, 6.07) is 5.36. The minimum absolute atomic E-state index is 0.536. The molecule has 0 heterocycles. The van der Waals surface area contributed by atoms with Crippen molar-refractivity contribution < 1.29 is 4.74 Å². The number of benzene rings is 1. The molecule has 4 heteroatoms. The fourth-order valence-electron chi connectivity index (χ4n) is 2.51. The Hall–Kier alpha value is -0.440. The number of nitrogens with one attached hydrogen (secondary N) is 1. The van der Waals surface area contributed by atoms with Gasteiger partial charge in [0, 0.05) is 12.6 Å². The van der Waals surface area contributed by atoms with Gasteiger partial charge in [-0.3, -0.25) is 0 Å². The van der Waals surface area contributed by atoms with E-state index in [4.69, 9.17) is 27.9 Å². The highest BCUT2D eigenvalue weighted by molar-refractivity contribution is 6.42. The molecule has 19 heavy (non-hydrogen) atoms. The van der Waals surface area contributed by atoms with Gasteiger partial charge in [-0.15, -0.1) is 0 Å². The van der Waals surface area contributed by atoms with Crippen LogP contribution in [0.4, 0.5) is 0 Å². The zero-order chi connectivity index (χ0) is 13.5. The Morgan fingerprint density at radius 2 is 1.89 bits per heavy atom. The van der Waals surface area contributed by atoms with Crippen LogP contribution in [0.1, 0.15) is 32.1 Å². The van der Waals surface area contributed by atoms with Gasteiger partial charge in [-0.25, -0.2) is 0 Å². The van der Waals surface area contributed by atoms with E-state index in [2.05, 4.69) is 5.32 Å². The summed E-state index contributed by atoms with van der Waals surface area (Å²) in [4.78, 5) is 0. The van der Waals surface area contributed by atoms with E-state index in [1.165, 1.54) is 32.1 Å². The molecule has 2 rings (SSSR count). The molecule has 1 N–H and O–H groups in total. The van der Waals surface area contributed by atoms with Crippen molar-refractivity contribution in [1.29, 1.82) is 0 Å². The third kappa shape index (κ3) is 5.21. The Morgan fingerprint density at radius 3 is 2.63 bits per heavy atom. The number of hydrogen-bond acceptors (Lipinski definition) is 2. The molecule has 0 bridgehead atoms. The third-order valence-corrected chi connectivity index (χ3v) is 4.34. The molecule has 0 atom stereocenters. The Kier molecular flexibility index (Phi) is 6.29. The van der Waals surface area contributed by atoms with Crippen molar-refractivity contribution in [2.75, 3.05) is 19.7 Å². The molecule has 1 aliphatic rings. The van der Waals surface area contributed by atoms with Crippen LogP contribution in [0.5, 0.6) is 5.75 Å². The van der Waals surface area contributed by atoms with Crippen molar-refractivity contribution in [2.24, 2.45) is 5.92 Å². The number of ether oxygens (including phenoxy) is 1. The highest BCUT2D eigenvalue weighted by Crippen LogP contribution is 2.26. The van der Waals surface area contributed by atoms with E-state index in [1.807, 2.05) is 6.07 Å². The van der Waals surface area contributed by atoms with Crippen LogP contribution in [0, 0.1) is 5.92 Å². The summed E-state index contributed by atoms with van der Waals surface area (Å²) in [6.07, 6.45) is 6.95. The van der Waals surface area contributed by atoms with Crippen LogP contribution in [-0.4, -0.2) is 19.7 Å². The van der Waals surface area contributed by atoms with Crippen LogP contribution < -0.4 is 10.1 Å². The lowest BCUT2D eigenvalue weighted by Crippen LogP contribution is -2.28. The molecule has 1 fully saturated rings. The maximum Gasteiger partial charge on any atom is 0.120 e. The summed E-state index contributed by atoms with van der Waals surface area (Å²) in [5.41, 5.74) is 0. The van der Waals surface area contributed by atoms with E-state index in [0.717, 1.165) is 24.8 Å². The van der Waals surface area contributed by atoms with Gasteiger partial charge in [0.05, 0.1) is 10.0 Å². The third-order valence-electron chi connectivity index (χ3n) is 3.60. The van der Waals surface area contributed by atoms with Crippen molar-refractivity contribution in [1.82, 2.24) is 5.32 Å². The first-order valence-electron chi connectivity index (χ1n) is 7.04. The zero-order valence-corrected chi connectivity index (χ0v) is 12.6. The fraction of sp³-hybridized carbons (Fsp3) is 0.600. The smallest absolute Gasteiger partial charge is 0.120 e. The predicted octanol–water partition coefficient (Wildman–Crippen LogP) is 4.54. The average Bonchev–Trinajstić information content (AvgIpc) is 2.43. The summed E-state index contributed by atoms with van der Waals surface area (Å²) in [5.74, 6) is 1.63. The largest absolute Gasteiger partial charge is 0.492 e. The molecule has 0 aliphatic heterocycles. The van der Waals surface area contributed by atoms with Gasteiger partial charge in [-0.05, 0) is 37.4 Å². The molecule has 0 unspecified atom stereocenters. The molecule has 1 saturated carbocycles. The molecule has 106 valence electrons. The summed E-state index contributed by atoms with van der Waals surface area (Å²) in [7, 11) is 0. The van der Waals surface area contributed by atoms with E-state index in [0.29, 0.717) is 16.7 Å². The highest BCUT2D eigenvalue weighted by Gasteiger charge is 2.12. The van der Waals surface area contributed by atoms with Gasteiger partial charge in [-0.2, -0.15) is 0 Å². The fourth-order valence-corrected chi connectivity index (χ4v) is 2.79. The maximum atomic E-state index is 5.93. The lowest BCUT2D eigenvalue weighted by atomic mass is 9.89. The van der Waals surface area contributed by atoms with Crippen LogP contribution >= 0.6 is 23.2 Å². The summed E-state index contributed by atoms with van der Waals surface area (Å²) >= 11 is 11.8. The topological polar surface area (TPSA) is 21.3 Å². The molecule has 0 amide bonds. The van der Waals surface area contributed by atoms with E-state index in [9.17, 15) is 0 Å². The molecule has 0 saturated heterocycles. The number of halogens is 2. The lowest BCUT2D eigenvalue weighted by molar-refractivity contribution is 0.294. The predicted molar refractivity (Wildman–Crippen MR) is 81.4 cm³/mol. The Bertz CT molecular complexity index is 392. The van der Waals surface area contributed by atoms with E-state index >= 15 is 0 Å². The zero-order valence-electron chi connectivity index (χ0n) is 11.1. The maximum absolute atomic E-state index is 5.93. The van der Waals surface area contributed by atoms with Crippen LogP contribution in [-0.2, 0) is 0 Å². The summed E-state index contributed by atoms with van der Waals surface area (Å²) < 4.78 is 5.63. The van der Waals surface area contributed by atoms with Gasteiger partial charge >= 0.3 is 0 Å². The first-order chi connectivity index (χ1) is 9.25. The molecule has 0 aromatic heterocycles. The SMILES string of the molecule is Clc1ccc(OCCNCC2CCCCC2)cc1Cl. The first kappa shape index (κ1) is 15.0. The van der Waals surface area contributed by atoms with E-state index in [1.54, 1.807) is 12.1 Å². The molecule has 0 spiro atoms. The number of rotatable bonds is 6. The second-order valence-corrected chi connectivity index (χ2v) is 5.95. The molecule has 1 aromatic carbocycles. The quantitative estimate of drug-likeness (QED) is 0.779. The van der Waals surface area contributed by atoms with E-state index in [-0.39, 0.29) is 0 Å². The van der Waals surface area contributed by atoms with Gasteiger partial charge in [-0.1, -0.05) is 42.5 Å². The van der Waals surface area contributed by atoms with Gasteiger partial charge in [0.25, 0.3) is 0 Å². The normalized spacial score (nSPS) is 16.5. The molecular weight excluding hydrogens is 281 g/mol. The van der Waals surface area contributed by atoms with Gasteiger partial charge in [0.2, 0.25) is 0 Å². The highest BCUT2D eigenvalue weighted by atomic mass is 35.5. The van der Waals surface area contributed by atoms with Crippen molar-refractivity contribution in [3.8, 4) is 5.75 Å². The second kappa shape index (κ2) is 7.98. The molecule has 1 aromatic rings. The van der Waals surface area contributed by atoms with Crippen molar-refractivity contribution >= 4 is 23.2 Å². The minimum atomic E-state index is 0.536. The summed E-state index contributed by atoms with van der Waals surface area (Å²) in [6.45, 7) is 2.65. The Morgan fingerprint density at radius 1 is 1.11 bits per heavy atom. The minimum Gasteiger partial charge on any atom is -0.492 e. The van der Waals surface area contributed by atoms with Crippen LogP contribution in [0.25, 0.3) is 0 Å². The Labute approximate surface area is 125 Å².